The van der Waals surface area contributed by atoms with Crippen LogP contribution in [-0.4, -0.2) is 29.9 Å². The van der Waals surface area contributed by atoms with Crippen molar-refractivity contribution in [1.29, 1.82) is 0 Å². The Hall–Kier alpha value is -1.88. The average Bonchev–Trinajstić information content (AvgIpc) is 2.76. The van der Waals surface area contributed by atoms with E-state index in [1.807, 2.05) is 30.3 Å². The normalized spacial score (nSPS) is 28.0. The molecule has 100 valence electrons. The molecule has 3 rings (SSSR count). The lowest BCUT2D eigenvalue weighted by Gasteiger charge is -2.40. The first kappa shape index (κ1) is 12.2. The van der Waals surface area contributed by atoms with Crippen LogP contribution in [0.1, 0.15) is 24.8 Å². The third-order valence-electron chi connectivity index (χ3n) is 3.87. The van der Waals surface area contributed by atoms with Gasteiger partial charge in [-0.05, 0) is 12.8 Å². The quantitative estimate of drug-likeness (QED) is 0.784. The van der Waals surface area contributed by atoms with Crippen molar-refractivity contribution < 1.29 is 9.59 Å². The topological polar surface area (TPSA) is 61.4 Å². The van der Waals surface area contributed by atoms with Crippen LogP contribution in [0, 0.1) is 0 Å². The Balaban J connectivity index is 2.05. The molecule has 2 aliphatic heterocycles. The van der Waals surface area contributed by atoms with Crippen LogP contribution in [-0.2, 0) is 10.5 Å². The van der Waals surface area contributed by atoms with Gasteiger partial charge in [0.2, 0.25) is 5.66 Å². The average molecular weight is 259 g/mol. The first-order chi connectivity index (χ1) is 9.23. The number of nitrogens with one attached hydrogen (secondary N) is 2. The Kier molecular flexibility index (Phi) is 2.98. The molecule has 0 saturated carbocycles. The number of likely N-dealkylation sites (tertiary alicyclic amines) is 1. The van der Waals surface area contributed by atoms with E-state index in [4.69, 9.17) is 0 Å². The molecule has 0 spiro atoms. The lowest BCUT2D eigenvalue weighted by molar-refractivity contribution is -0.132. The predicted octanol–water partition coefficient (Wildman–Crippen LogP) is 1.16. The molecule has 0 aromatic heterocycles. The van der Waals surface area contributed by atoms with Crippen molar-refractivity contribution in [2.75, 3.05) is 13.1 Å². The number of hydrogen-bond acceptors (Lipinski definition) is 3. The Bertz CT molecular complexity index is 497. The second-order valence-corrected chi connectivity index (χ2v) is 5.03. The SMILES string of the molecule is O=C1NC(=O)[C@@](c2ccccc2)(N2CCCCC2)N1. The number of carbonyl (C=O) groups is 2. The summed E-state index contributed by atoms with van der Waals surface area (Å²) in [5.41, 5.74) is -0.209. The highest BCUT2D eigenvalue weighted by Crippen LogP contribution is 2.31. The Morgan fingerprint density at radius 3 is 2.26 bits per heavy atom. The molecular weight excluding hydrogens is 242 g/mol. The van der Waals surface area contributed by atoms with Crippen LogP contribution in [0.4, 0.5) is 4.79 Å². The fraction of sp³-hybridized carbons (Fsp3) is 0.429. The monoisotopic (exact) mass is 259 g/mol. The standard InChI is InChI=1S/C14H17N3O2/c18-12-14(16-13(19)15-12,11-7-3-1-4-8-11)17-9-5-2-6-10-17/h1,3-4,7-8H,2,5-6,9-10H2,(H2,15,16,18,19)/t14-/m1/s1. The van der Waals surface area contributed by atoms with Crippen molar-refractivity contribution in [2.24, 2.45) is 0 Å². The highest BCUT2D eigenvalue weighted by Gasteiger charge is 2.52. The summed E-state index contributed by atoms with van der Waals surface area (Å²) in [6.45, 7) is 1.64. The molecule has 0 aliphatic carbocycles. The third kappa shape index (κ3) is 1.90. The Morgan fingerprint density at radius 1 is 1.00 bits per heavy atom. The molecule has 5 nitrogen and oxygen atoms in total. The van der Waals surface area contributed by atoms with E-state index in [9.17, 15) is 9.59 Å². The molecule has 2 fully saturated rings. The number of imide groups is 1. The van der Waals surface area contributed by atoms with Gasteiger partial charge in [-0.3, -0.25) is 15.0 Å². The van der Waals surface area contributed by atoms with Gasteiger partial charge in [-0.2, -0.15) is 0 Å². The minimum absolute atomic E-state index is 0.273. The van der Waals surface area contributed by atoms with Gasteiger partial charge in [-0.25, -0.2) is 4.79 Å². The molecule has 0 radical (unpaired) electrons. The van der Waals surface area contributed by atoms with Gasteiger partial charge in [-0.15, -0.1) is 0 Å². The highest BCUT2D eigenvalue weighted by atomic mass is 16.2. The molecule has 1 aromatic rings. The van der Waals surface area contributed by atoms with E-state index in [2.05, 4.69) is 15.5 Å². The number of benzene rings is 1. The molecule has 2 heterocycles. The maximum atomic E-state index is 12.4. The fourth-order valence-electron chi connectivity index (χ4n) is 2.96. The summed E-state index contributed by atoms with van der Waals surface area (Å²) in [4.78, 5) is 26.1. The molecule has 19 heavy (non-hydrogen) atoms. The molecule has 3 amide bonds. The van der Waals surface area contributed by atoms with Gasteiger partial charge in [0.25, 0.3) is 5.91 Å². The molecule has 0 unspecified atom stereocenters. The van der Waals surface area contributed by atoms with Crippen LogP contribution in [0.5, 0.6) is 0 Å². The molecular formula is C14H17N3O2. The lowest BCUT2D eigenvalue weighted by atomic mass is 9.94. The third-order valence-corrected chi connectivity index (χ3v) is 3.87. The number of rotatable bonds is 2. The van der Waals surface area contributed by atoms with Crippen molar-refractivity contribution in [1.82, 2.24) is 15.5 Å². The van der Waals surface area contributed by atoms with Crippen molar-refractivity contribution in [3.63, 3.8) is 0 Å². The van der Waals surface area contributed by atoms with Crippen LogP contribution in [0.2, 0.25) is 0 Å². The zero-order valence-corrected chi connectivity index (χ0v) is 10.7. The molecule has 5 heteroatoms. The van der Waals surface area contributed by atoms with Gasteiger partial charge in [0, 0.05) is 18.7 Å². The summed E-state index contributed by atoms with van der Waals surface area (Å²) in [6.07, 6.45) is 3.28. The minimum Gasteiger partial charge on any atom is -0.307 e. The summed E-state index contributed by atoms with van der Waals surface area (Å²) in [6, 6.07) is 9.04. The molecule has 2 N–H and O–H groups in total. The summed E-state index contributed by atoms with van der Waals surface area (Å²) in [5.74, 6) is -0.273. The first-order valence-corrected chi connectivity index (χ1v) is 6.67. The van der Waals surface area contributed by atoms with E-state index < -0.39 is 11.7 Å². The summed E-state index contributed by atoms with van der Waals surface area (Å²) in [7, 11) is 0. The second-order valence-electron chi connectivity index (χ2n) is 5.03. The number of urea groups is 1. The van der Waals surface area contributed by atoms with Crippen LogP contribution < -0.4 is 10.6 Å². The summed E-state index contributed by atoms with van der Waals surface area (Å²) < 4.78 is 0. The van der Waals surface area contributed by atoms with E-state index in [0.717, 1.165) is 31.5 Å². The maximum Gasteiger partial charge on any atom is 0.323 e. The van der Waals surface area contributed by atoms with Gasteiger partial charge in [-0.1, -0.05) is 36.8 Å². The van der Waals surface area contributed by atoms with E-state index in [0.29, 0.717) is 0 Å². The highest BCUT2D eigenvalue weighted by molar-refractivity contribution is 6.07. The fourth-order valence-corrected chi connectivity index (χ4v) is 2.96. The van der Waals surface area contributed by atoms with Gasteiger partial charge < -0.3 is 5.32 Å². The Labute approximate surface area is 112 Å². The minimum atomic E-state index is -1.03. The largest absolute Gasteiger partial charge is 0.323 e. The van der Waals surface area contributed by atoms with Crippen LogP contribution in [0.15, 0.2) is 30.3 Å². The van der Waals surface area contributed by atoms with Gasteiger partial charge in [0.15, 0.2) is 0 Å². The van der Waals surface area contributed by atoms with Gasteiger partial charge in [0.05, 0.1) is 0 Å². The van der Waals surface area contributed by atoms with Crippen LogP contribution >= 0.6 is 0 Å². The number of hydrogen-bond donors (Lipinski definition) is 2. The van der Waals surface area contributed by atoms with Crippen molar-refractivity contribution in [3.8, 4) is 0 Å². The predicted molar refractivity (Wildman–Crippen MR) is 70.2 cm³/mol. The molecule has 1 aromatic carbocycles. The summed E-state index contributed by atoms with van der Waals surface area (Å²) >= 11 is 0. The second kappa shape index (κ2) is 4.66. The van der Waals surface area contributed by atoms with E-state index in [1.165, 1.54) is 6.42 Å². The van der Waals surface area contributed by atoms with Crippen molar-refractivity contribution in [2.45, 2.75) is 24.9 Å². The van der Waals surface area contributed by atoms with Crippen molar-refractivity contribution >= 4 is 11.9 Å². The number of piperidine rings is 1. The number of carbonyl (C=O) groups excluding carboxylic acids is 2. The summed E-state index contributed by atoms with van der Waals surface area (Å²) in [5, 5.41) is 5.20. The van der Waals surface area contributed by atoms with E-state index in [1.54, 1.807) is 0 Å². The molecule has 2 saturated heterocycles. The van der Waals surface area contributed by atoms with Crippen LogP contribution in [0.3, 0.4) is 0 Å². The number of amides is 3. The van der Waals surface area contributed by atoms with E-state index >= 15 is 0 Å². The number of nitrogens with zero attached hydrogens (tertiary/aromatic N) is 1. The van der Waals surface area contributed by atoms with Gasteiger partial charge in [0.1, 0.15) is 0 Å². The molecule has 0 bridgehead atoms. The molecule has 2 aliphatic rings. The van der Waals surface area contributed by atoms with Gasteiger partial charge >= 0.3 is 6.03 Å². The Morgan fingerprint density at radius 2 is 1.68 bits per heavy atom. The molecule has 1 atom stereocenters. The van der Waals surface area contributed by atoms with Crippen LogP contribution in [0.25, 0.3) is 0 Å². The zero-order valence-electron chi connectivity index (χ0n) is 10.7. The van der Waals surface area contributed by atoms with Crippen molar-refractivity contribution in [3.05, 3.63) is 35.9 Å². The zero-order chi connectivity index (χ0) is 13.3. The maximum absolute atomic E-state index is 12.4. The lowest BCUT2D eigenvalue weighted by Crippen LogP contribution is -2.59. The van der Waals surface area contributed by atoms with E-state index in [-0.39, 0.29) is 5.91 Å². The smallest absolute Gasteiger partial charge is 0.307 e. The first-order valence-electron chi connectivity index (χ1n) is 6.67.